The molecule has 1 aliphatic rings. The van der Waals surface area contributed by atoms with Crippen LogP contribution in [0, 0.1) is 0 Å². The number of hydrogen-bond donors (Lipinski definition) is 2. The maximum Gasteiger partial charge on any atom is 0.223 e. The van der Waals surface area contributed by atoms with E-state index in [1.807, 2.05) is 24.4 Å². The lowest BCUT2D eigenvalue weighted by atomic mass is 10.1. The van der Waals surface area contributed by atoms with E-state index < -0.39 is 0 Å². The first-order chi connectivity index (χ1) is 9.35. The topological polar surface area (TPSA) is 59.1 Å². The highest BCUT2D eigenvalue weighted by Gasteiger charge is 2.13. The Bertz CT molecular complexity index is 566. The van der Waals surface area contributed by atoms with Crippen molar-refractivity contribution in [1.29, 1.82) is 0 Å². The van der Waals surface area contributed by atoms with Gasteiger partial charge in [0, 0.05) is 24.2 Å². The summed E-state index contributed by atoms with van der Waals surface area (Å²) in [7, 11) is 1.66. The van der Waals surface area contributed by atoms with Gasteiger partial charge >= 0.3 is 0 Å². The third-order valence-electron chi connectivity index (χ3n) is 3.42. The number of piperidine rings is 1. The minimum atomic E-state index is 0.421. The lowest BCUT2D eigenvalue weighted by Crippen LogP contribution is -2.38. The van der Waals surface area contributed by atoms with Crippen molar-refractivity contribution in [2.24, 2.45) is 0 Å². The molecule has 100 valence electrons. The van der Waals surface area contributed by atoms with Gasteiger partial charge in [0.1, 0.15) is 5.75 Å². The number of anilines is 1. The van der Waals surface area contributed by atoms with E-state index in [4.69, 9.17) is 4.74 Å². The zero-order valence-electron chi connectivity index (χ0n) is 11.0. The van der Waals surface area contributed by atoms with Gasteiger partial charge in [-0.3, -0.25) is 0 Å². The van der Waals surface area contributed by atoms with Crippen LogP contribution in [0.2, 0.25) is 0 Å². The lowest BCUT2D eigenvalue weighted by Gasteiger charge is -2.23. The van der Waals surface area contributed by atoms with E-state index in [0.717, 1.165) is 36.2 Å². The summed E-state index contributed by atoms with van der Waals surface area (Å²) in [6, 6.07) is 6.24. The molecule has 3 rings (SSSR count). The summed E-state index contributed by atoms with van der Waals surface area (Å²) >= 11 is 0. The Morgan fingerprint density at radius 3 is 3.16 bits per heavy atom. The molecule has 1 saturated heterocycles. The smallest absolute Gasteiger partial charge is 0.223 e. The van der Waals surface area contributed by atoms with Gasteiger partial charge in [0.25, 0.3) is 0 Å². The number of fused-ring (bicyclic) bond motifs is 1. The van der Waals surface area contributed by atoms with E-state index in [-0.39, 0.29) is 0 Å². The molecule has 0 bridgehead atoms. The van der Waals surface area contributed by atoms with Crippen LogP contribution in [-0.2, 0) is 0 Å². The third kappa shape index (κ3) is 2.76. The fraction of sp³-hybridized carbons (Fsp3) is 0.429. The number of nitrogens with zero attached hydrogens (tertiary/aromatic N) is 2. The van der Waals surface area contributed by atoms with E-state index in [0.29, 0.717) is 12.0 Å². The Labute approximate surface area is 112 Å². The lowest BCUT2D eigenvalue weighted by molar-refractivity contribution is 0.415. The molecule has 2 aromatic rings. The van der Waals surface area contributed by atoms with Gasteiger partial charge in [0.05, 0.1) is 12.6 Å². The van der Waals surface area contributed by atoms with E-state index in [2.05, 4.69) is 20.6 Å². The minimum Gasteiger partial charge on any atom is -0.497 e. The quantitative estimate of drug-likeness (QED) is 0.879. The molecular weight excluding hydrogens is 240 g/mol. The van der Waals surface area contributed by atoms with Crippen LogP contribution in [0.4, 0.5) is 5.95 Å². The van der Waals surface area contributed by atoms with Crippen LogP contribution in [-0.4, -0.2) is 36.2 Å². The Morgan fingerprint density at radius 1 is 1.42 bits per heavy atom. The van der Waals surface area contributed by atoms with E-state index in [1.165, 1.54) is 6.42 Å². The van der Waals surface area contributed by atoms with Crippen LogP contribution in [0.25, 0.3) is 10.9 Å². The second kappa shape index (κ2) is 5.40. The summed E-state index contributed by atoms with van der Waals surface area (Å²) in [5.74, 6) is 1.53. The monoisotopic (exact) mass is 258 g/mol. The van der Waals surface area contributed by atoms with E-state index in [9.17, 15) is 0 Å². The Hall–Kier alpha value is -1.88. The summed E-state index contributed by atoms with van der Waals surface area (Å²) in [5.41, 5.74) is 0.932. The zero-order valence-corrected chi connectivity index (χ0v) is 11.0. The number of aromatic nitrogens is 2. The molecule has 1 aromatic carbocycles. The van der Waals surface area contributed by atoms with Gasteiger partial charge in [-0.05, 0) is 37.6 Å². The second-order valence-electron chi connectivity index (χ2n) is 4.81. The highest BCUT2D eigenvalue weighted by Crippen LogP contribution is 2.20. The van der Waals surface area contributed by atoms with Gasteiger partial charge in [-0.15, -0.1) is 0 Å². The Balaban J connectivity index is 1.80. The SMILES string of the molecule is COc1ccc2nc(N[C@@H]3CCCNC3)ncc2c1. The fourth-order valence-corrected chi connectivity index (χ4v) is 2.37. The summed E-state index contributed by atoms with van der Waals surface area (Å²) in [4.78, 5) is 8.91. The number of benzene rings is 1. The average molecular weight is 258 g/mol. The molecule has 0 saturated carbocycles. The fourth-order valence-electron chi connectivity index (χ4n) is 2.37. The van der Waals surface area contributed by atoms with Gasteiger partial charge in [-0.1, -0.05) is 0 Å². The molecule has 5 nitrogen and oxygen atoms in total. The summed E-state index contributed by atoms with van der Waals surface area (Å²) in [6.07, 6.45) is 4.20. The number of hydrogen-bond acceptors (Lipinski definition) is 5. The summed E-state index contributed by atoms with van der Waals surface area (Å²) in [6.45, 7) is 2.08. The maximum atomic E-state index is 5.19. The zero-order chi connectivity index (χ0) is 13.1. The normalized spacial score (nSPS) is 19.3. The molecule has 0 aliphatic carbocycles. The van der Waals surface area contributed by atoms with Crippen LogP contribution in [0.1, 0.15) is 12.8 Å². The first kappa shape index (κ1) is 12.2. The molecule has 0 radical (unpaired) electrons. The minimum absolute atomic E-state index is 0.421. The summed E-state index contributed by atoms with van der Waals surface area (Å²) < 4.78 is 5.19. The molecular formula is C14H18N4O. The van der Waals surface area contributed by atoms with Crippen LogP contribution in [0.5, 0.6) is 5.75 Å². The van der Waals surface area contributed by atoms with Crippen molar-refractivity contribution in [2.75, 3.05) is 25.5 Å². The van der Waals surface area contributed by atoms with Crippen LogP contribution in [0.15, 0.2) is 24.4 Å². The number of ether oxygens (including phenoxy) is 1. The van der Waals surface area contributed by atoms with E-state index in [1.54, 1.807) is 7.11 Å². The molecule has 19 heavy (non-hydrogen) atoms. The van der Waals surface area contributed by atoms with Gasteiger partial charge in [-0.25, -0.2) is 9.97 Å². The van der Waals surface area contributed by atoms with Crippen LogP contribution >= 0.6 is 0 Å². The Kier molecular flexibility index (Phi) is 3.46. The van der Waals surface area contributed by atoms with Crippen molar-refractivity contribution in [1.82, 2.24) is 15.3 Å². The maximum absolute atomic E-state index is 5.19. The Morgan fingerprint density at radius 2 is 2.37 bits per heavy atom. The molecule has 1 aromatic heterocycles. The molecule has 2 N–H and O–H groups in total. The van der Waals surface area contributed by atoms with Crippen molar-refractivity contribution >= 4 is 16.9 Å². The standard InChI is InChI=1S/C14H18N4O/c1-19-12-4-5-13-10(7-12)8-16-14(18-13)17-11-3-2-6-15-9-11/h4-5,7-8,11,15H,2-3,6,9H2,1H3,(H,16,17,18)/t11-/m1/s1. The predicted octanol–water partition coefficient (Wildman–Crippen LogP) is 1.80. The molecule has 1 fully saturated rings. The largest absolute Gasteiger partial charge is 0.497 e. The predicted molar refractivity (Wildman–Crippen MR) is 75.6 cm³/mol. The highest BCUT2D eigenvalue weighted by atomic mass is 16.5. The molecule has 2 heterocycles. The number of methoxy groups -OCH3 is 1. The van der Waals surface area contributed by atoms with E-state index >= 15 is 0 Å². The molecule has 0 spiro atoms. The summed E-state index contributed by atoms with van der Waals surface area (Å²) in [5, 5.41) is 7.75. The third-order valence-corrected chi connectivity index (χ3v) is 3.42. The van der Waals surface area contributed by atoms with Crippen molar-refractivity contribution in [3.63, 3.8) is 0 Å². The van der Waals surface area contributed by atoms with Crippen molar-refractivity contribution < 1.29 is 4.74 Å². The molecule has 5 heteroatoms. The van der Waals surface area contributed by atoms with Crippen molar-refractivity contribution in [2.45, 2.75) is 18.9 Å². The van der Waals surface area contributed by atoms with Crippen molar-refractivity contribution in [3.8, 4) is 5.75 Å². The molecule has 0 unspecified atom stereocenters. The van der Waals surface area contributed by atoms with Crippen molar-refractivity contribution in [3.05, 3.63) is 24.4 Å². The number of rotatable bonds is 3. The molecule has 1 atom stereocenters. The van der Waals surface area contributed by atoms with Crippen LogP contribution in [0.3, 0.4) is 0 Å². The molecule has 0 amide bonds. The average Bonchev–Trinajstić information content (AvgIpc) is 2.48. The van der Waals surface area contributed by atoms with Gasteiger partial charge in [0.15, 0.2) is 0 Å². The first-order valence-corrected chi connectivity index (χ1v) is 6.63. The highest BCUT2D eigenvalue weighted by molar-refractivity contribution is 5.80. The van der Waals surface area contributed by atoms with Crippen LogP contribution < -0.4 is 15.4 Å². The first-order valence-electron chi connectivity index (χ1n) is 6.63. The second-order valence-corrected chi connectivity index (χ2v) is 4.81. The molecule has 1 aliphatic heterocycles. The van der Waals surface area contributed by atoms with Gasteiger partial charge < -0.3 is 15.4 Å². The number of nitrogens with one attached hydrogen (secondary N) is 2. The van der Waals surface area contributed by atoms with Gasteiger partial charge in [-0.2, -0.15) is 0 Å². The van der Waals surface area contributed by atoms with Gasteiger partial charge in [0.2, 0.25) is 5.95 Å².